The van der Waals surface area contributed by atoms with Gasteiger partial charge < -0.3 is 4.74 Å². The minimum Gasteiger partial charge on any atom is -0.464 e. The normalized spacial score (nSPS) is 11.0. The Labute approximate surface area is 108 Å². The molecule has 0 amide bonds. The zero-order valence-electron chi connectivity index (χ0n) is 10.0. The highest BCUT2D eigenvalue weighted by Crippen LogP contribution is 2.14. The zero-order valence-corrected chi connectivity index (χ0v) is 10.8. The van der Waals surface area contributed by atoms with Crippen LogP contribution in [0.4, 0.5) is 0 Å². The quantitative estimate of drug-likeness (QED) is 0.786. The molecule has 0 radical (unpaired) electrons. The van der Waals surface area contributed by atoms with Crippen LogP contribution in [0, 0.1) is 0 Å². The molecule has 2 aromatic heterocycles. The minimum absolute atomic E-state index is 0.251. The van der Waals surface area contributed by atoms with E-state index in [4.69, 9.17) is 0 Å². The molecular weight excluding hydrogens is 252 g/mol. The molecule has 0 aromatic carbocycles. The molecule has 2 aromatic rings. The summed E-state index contributed by atoms with van der Waals surface area (Å²) in [4.78, 5) is 11.2. The summed E-state index contributed by atoms with van der Waals surface area (Å²) in [5, 5.41) is 12.7. The maximum Gasteiger partial charge on any atom is 0.369 e. The zero-order chi connectivity index (χ0) is 13.0. The van der Waals surface area contributed by atoms with Gasteiger partial charge in [-0.2, -0.15) is 5.10 Å². The number of carbonyl (C=O) groups is 1. The summed E-state index contributed by atoms with van der Waals surface area (Å²) in [6, 6.07) is 1.91. The molecule has 0 fully saturated rings. The van der Waals surface area contributed by atoms with Crippen LogP contribution in [0.2, 0.25) is 0 Å². The number of ether oxygens (including phenoxy) is 1. The van der Waals surface area contributed by atoms with Gasteiger partial charge in [0.2, 0.25) is 5.01 Å². The van der Waals surface area contributed by atoms with Crippen LogP contribution in [0.3, 0.4) is 0 Å². The van der Waals surface area contributed by atoms with Gasteiger partial charge in [0.1, 0.15) is 5.01 Å². The van der Waals surface area contributed by atoms with E-state index in [0.717, 1.165) is 12.2 Å². The predicted molar refractivity (Wildman–Crippen MR) is 68.1 cm³/mol. The number of aryl methyl sites for hydroxylation is 1. The van der Waals surface area contributed by atoms with Crippen molar-refractivity contribution in [1.82, 2.24) is 20.0 Å². The average Bonchev–Trinajstić information content (AvgIpc) is 3.03. The van der Waals surface area contributed by atoms with Crippen LogP contribution in [0.5, 0.6) is 0 Å². The molecule has 0 bridgehead atoms. The van der Waals surface area contributed by atoms with Crippen molar-refractivity contribution in [3.8, 4) is 0 Å². The highest BCUT2D eigenvalue weighted by Gasteiger charge is 2.11. The number of esters is 1. The summed E-state index contributed by atoms with van der Waals surface area (Å²) in [5.41, 5.74) is 0.979. The molecule has 18 heavy (non-hydrogen) atoms. The van der Waals surface area contributed by atoms with E-state index in [-0.39, 0.29) is 5.01 Å². The molecule has 0 unspecified atom stereocenters. The van der Waals surface area contributed by atoms with Crippen LogP contribution >= 0.6 is 11.3 Å². The van der Waals surface area contributed by atoms with Crippen LogP contribution < -0.4 is 0 Å². The number of rotatable bonds is 4. The van der Waals surface area contributed by atoms with Crippen molar-refractivity contribution in [2.45, 2.75) is 13.5 Å². The van der Waals surface area contributed by atoms with Gasteiger partial charge in [-0.05, 0) is 25.1 Å². The second-order valence-electron chi connectivity index (χ2n) is 3.34. The first kappa shape index (κ1) is 12.4. The lowest BCUT2D eigenvalue weighted by atomic mass is 10.4. The Morgan fingerprint density at radius 2 is 2.33 bits per heavy atom. The van der Waals surface area contributed by atoms with E-state index >= 15 is 0 Å². The predicted octanol–water partition coefficient (Wildman–Crippen LogP) is 1.71. The fourth-order valence-corrected chi connectivity index (χ4v) is 2.04. The van der Waals surface area contributed by atoms with E-state index in [0.29, 0.717) is 5.01 Å². The number of carbonyl (C=O) groups excluding carboxylic acids is 1. The fourth-order valence-electron chi connectivity index (χ4n) is 1.38. The fraction of sp³-hybridized carbons (Fsp3) is 0.273. The van der Waals surface area contributed by atoms with Crippen LogP contribution in [0.15, 0.2) is 12.3 Å². The van der Waals surface area contributed by atoms with Gasteiger partial charge in [0.25, 0.3) is 0 Å². The van der Waals surface area contributed by atoms with Crippen LogP contribution in [0.1, 0.15) is 27.4 Å². The summed E-state index contributed by atoms with van der Waals surface area (Å²) in [6.07, 6.45) is 5.43. The lowest BCUT2D eigenvalue weighted by Crippen LogP contribution is -1.99. The molecular formula is C11H12N4O2S. The Kier molecular flexibility index (Phi) is 3.83. The molecule has 7 heteroatoms. The van der Waals surface area contributed by atoms with Gasteiger partial charge in [-0.25, -0.2) is 4.79 Å². The second kappa shape index (κ2) is 5.54. The molecule has 6 nitrogen and oxygen atoms in total. The summed E-state index contributed by atoms with van der Waals surface area (Å²) in [5.74, 6) is -0.467. The molecule has 2 heterocycles. The number of hydrogen-bond acceptors (Lipinski definition) is 6. The Bertz CT molecular complexity index is 573. The Morgan fingerprint density at radius 3 is 3.06 bits per heavy atom. The summed E-state index contributed by atoms with van der Waals surface area (Å²) < 4.78 is 6.43. The van der Waals surface area contributed by atoms with Crippen molar-refractivity contribution in [2.75, 3.05) is 7.11 Å². The third-order valence-corrected chi connectivity index (χ3v) is 3.11. The summed E-state index contributed by atoms with van der Waals surface area (Å²) in [6.45, 7) is 2.82. The Hall–Kier alpha value is -2.02. The van der Waals surface area contributed by atoms with Crippen molar-refractivity contribution in [2.24, 2.45) is 0 Å². The van der Waals surface area contributed by atoms with Crippen LogP contribution in [0.25, 0.3) is 12.2 Å². The van der Waals surface area contributed by atoms with Gasteiger partial charge in [-0.15, -0.1) is 10.2 Å². The molecule has 0 saturated carbocycles. The standard InChI is InChI=1S/C11H12N4O2S/c1-3-15-8(6-7-12-15)4-5-9-13-14-10(18-9)11(16)17-2/h4-7H,3H2,1-2H3. The third-order valence-electron chi connectivity index (χ3n) is 2.25. The molecule has 0 aliphatic heterocycles. The van der Waals surface area contributed by atoms with Crippen molar-refractivity contribution in [1.29, 1.82) is 0 Å². The van der Waals surface area contributed by atoms with E-state index in [1.54, 1.807) is 12.3 Å². The van der Waals surface area contributed by atoms with Crippen LogP contribution in [-0.2, 0) is 11.3 Å². The molecule has 0 saturated heterocycles. The van der Waals surface area contributed by atoms with Crippen molar-refractivity contribution >= 4 is 29.5 Å². The van der Waals surface area contributed by atoms with E-state index in [9.17, 15) is 4.79 Å². The van der Waals surface area contributed by atoms with E-state index in [2.05, 4.69) is 20.0 Å². The molecule has 2 rings (SSSR count). The van der Waals surface area contributed by atoms with Crippen molar-refractivity contribution < 1.29 is 9.53 Å². The first-order valence-corrected chi connectivity index (χ1v) is 6.18. The van der Waals surface area contributed by atoms with E-state index in [1.807, 2.05) is 23.7 Å². The maximum atomic E-state index is 11.2. The molecule has 0 aliphatic rings. The molecule has 0 N–H and O–H groups in total. The van der Waals surface area contributed by atoms with E-state index < -0.39 is 5.97 Å². The highest BCUT2D eigenvalue weighted by molar-refractivity contribution is 7.14. The molecule has 0 atom stereocenters. The minimum atomic E-state index is -0.467. The van der Waals surface area contributed by atoms with Gasteiger partial charge in [0, 0.05) is 12.7 Å². The lowest BCUT2D eigenvalue weighted by molar-refractivity contribution is 0.0599. The number of aromatic nitrogens is 4. The molecule has 0 aliphatic carbocycles. The van der Waals surface area contributed by atoms with Gasteiger partial charge in [-0.3, -0.25) is 4.68 Å². The smallest absolute Gasteiger partial charge is 0.369 e. The Morgan fingerprint density at radius 1 is 1.50 bits per heavy atom. The SMILES string of the molecule is CCn1nccc1C=Cc1nnc(C(=O)OC)s1. The first-order chi connectivity index (χ1) is 8.74. The lowest BCUT2D eigenvalue weighted by Gasteiger charge is -1.97. The van der Waals surface area contributed by atoms with Crippen LogP contribution in [-0.4, -0.2) is 33.1 Å². The third kappa shape index (κ3) is 2.62. The van der Waals surface area contributed by atoms with Gasteiger partial charge in [-0.1, -0.05) is 11.3 Å². The topological polar surface area (TPSA) is 69.9 Å². The molecule has 94 valence electrons. The number of hydrogen-bond donors (Lipinski definition) is 0. The number of nitrogens with zero attached hydrogens (tertiary/aromatic N) is 4. The van der Waals surface area contributed by atoms with Gasteiger partial charge in [0.05, 0.1) is 12.8 Å². The van der Waals surface area contributed by atoms with Crippen molar-refractivity contribution in [3.63, 3.8) is 0 Å². The largest absolute Gasteiger partial charge is 0.464 e. The first-order valence-electron chi connectivity index (χ1n) is 5.36. The highest BCUT2D eigenvalue weighted by atomic mass is 32.1. The Balaban J connectivity index is 2.14. The van der Waals surface area contributed by atoms with Gasteiger partial charge >= 0.3 is 5.97 Å². The number of methoxy groups -OCH3 is 1. The summed E-state index contributed by atoms with van der Waals surface area (Å²) in [7, 11) is 1.32. The second-order valence-corrected chi connectivity index (χ2v) is 4.35. The van der Waals surface area contributed by atoms with E-state index in [1.165, 1.54) is 18.4 Å². The monoisotopic (exact) mass is 264 g/mol. The average molecular weight is 264 g/mol. The maximum absolute atomic E-state index is 11.2. The summed E-state index contributed by atoms with van der Waals surface area (Å²) >= 11 is 1.19. The van der Waals surface area contributed by atoms with Gasteiger partial charge in [0.15, 0.2) is 0 Å². The van der Waals surface area contributed by atoms with Crippen molar-refractivity contribution in [3.05, 3.63) is 28.0 Å². The molecule has 0 spiro atoms.